The van der Waals surface area contributed by atoms with Gasteiger partial charge < -0.3 is 0 Å². The summed E-state index contributed by atoms with van der Waals surface area (Å²) in [6, 6.07) is 18.8. The highest BCUT2D eigenvalue weighted by Crippen LogP contribution is 2.28. The summed E-state index contributed by atoms with van der Waals surface area (Å²) < 4.78 is 53.6. The predicted molar refractivity (Wildman–Crippen MR) is 107 cm³/mol. The highest BCUT2D eigenvalue weighted by Gasteiger charge is 2.28. The van der Waals surface area contributed by atoms with Crippen LogP contribution in [0.2, 0.25) is 0 Å². The van der Waals surface area contributed by atoms with Gasteiger partial charge in [0.1, 0.15) is 0 Å². The van der Waals surface area contributed by atoms with Gasteiger partial charge in [-0.15, -0.1) is 0 Å². The lowest BCUT2D eigenvalue weighted by molar-refractivity contribution is 0.598. The third-order valence-electron chi connectivity index (χ3n) is 4.55. The molecule has 3 aromatic rings. The molecule has 27 heavy (non-hydrogen) atoms. The smallest absolute Gasteiger partial charge is 0.262 e. The Labute approximate surface area is 158 Å². The zero-order valence-corrected chi connectivity index (χ0v) is 16.0. The summed E-state index contributed by atoms with van der Waals surface area (Å²) in [7, 11) is -7.04. The van der Waals surface area contributed by atoms with Gasteiger partial charge in [0.2, 0.25) is 10.0 Å². The first-order valence-corrected chi connectivity index (χ1v) is 11.6. The average Bonchev–Trinajstić information content (AvgIpc) is 3.01. The molecule has 0 atom stereocenters. The van der Waals surface area contributed by atoms with E-state index >= 15 is 0 Å². The van der Waals surface area contributed by atoms with Gasteiger partial charge in [0, 0.05) is 17.6 Å². The van der Waals surface area contributed by atoms with Crippen molar-refractivity contribution >= 4 is 42.2 Å². The van der Waals surface area contributed by atoms with Gasteiger partial charge >= 0.3 is 0 Å². The van der Waals surface area contributed by atoms with Gasteiger partial charge in [0.25, 0.3) is 10.0 Å². The molecule has 4 rings (SSSR count). The number of nitrogens with one attached hydrogen (secondary N) is 1. The molecular formula is C19H18N2O4S2. The van der Waals surface area contributed by atoms with Crippen LogP contribution in [0.5, 0.6) is 0 Å². The quantitative estimate of drug-likeness (QED) is 0.726. The van der Waals surface area contributed by atoms with Gasteiger partial charge in [-0.1, -0.05) is 36.4 Å². The Kier molecular flexibility index (Phi) is 4.32. The van der Waals surface area contributed by atoms with Crippen molar-refractivity contribution in [1.82, 2.24) is 0 Å². The van der Waals surface area contributed by atoms with Gasteiger partial charge in [-0.05, 0) is 42.1 Å². The van der Waals surface area contributed by atoms with Crippen molar-refractivity contribution < 1.29 is 16.8 Å². The molecule has 6 nitrogen and oxygen atoms in total. The van der Waals surface area contributed by atoms with Gasteiger partial charge in [-0.25, -0.2) is 16.8 Å². The summed E-state index contributed by atoms with van der Waals surface area (Å²) in [4.78, 5) is 0.201. The van der Waals surface area contributed by atoms with Gasteiger partial charge in [-0.3, -0.25) is 9.03 Å². The highest BCUT2D eigenvalue weighted by atomic mass is 32.2. The number of rotatable bonds is 4. The van der Waals surface area contributed by atoms with E-state index in [1.165, 1.54) is 4.31 Å². The Morgan fingerprint density at radius 1 is 0.889 bits per heavy atom. The Hall–Kier alpha value is -2.58. The summed E-state index contributed by atoms with van der Waals surface area (Å²) in [6.45, 7) is 0.448. The molecule has 1 aliphatic heterocycles. The van der Waals surface area contributed by atoms with Crippen LogP contribution in [0.25, 0.3) is 10.8 Å². The van der Waals surface area contributed by atoms with E-state index in [0.717, 1.165) is 5.39 Å². The number of nitrogens with zero attached hydrogens (tertiary/aromatic N) is 1. The Balaban J connectivity index is 1.63. The van der Waals surface area contributed by atoms with E-state index in [2.05, 4.69) is 4.72 Å². The first-order valence-electron chi connectivity index (χ1n) is 8.48. The van der Waals surface area contributed by atoms with Gasteiger partial charge in [-0.2, -0.15) is 0 Å². The minimum Gasteiger partial charge on any atom is -0.280 e. The lowest BCUT2D eigenvalue weighted by Gasteiger charge is -2.17. The number of anilines is 2. The molecule has 1 aliphatic rings. The van der Waals surface area contributed by atoms with Gasteiger partial charge in [0.05, 0.1) is 16.3 Å². The average molecular weight is 402 g/mol. The zero-order valence-electron chi connectivity index (χ0n) is 14.4. The van der Waals surface area contributed by atoms with Crippen LogP contribution in [0.4, 0.5) is 11.4 Å². The molecule has 0 saturated carbocycles. The lowest BCUT2D eigenvalue weighted by atomic mass is 10.1. The molecule has 0 aromatic heterocycles. The van der Waals surface area contributed by atoms with Crippen LogP contribution >= 0.6 is 0 Å². The maximum Gasteiger partial charge on any atom is 0.262 e. The minimum atomic E-state index is -3.78. The van der Waals surface area contributed by atoms with Crippen molar-refractivity contribution in [3.05, 3.63) is 66.7 Å². The molecular weight excluding hydrogens is 384 g/mol. The second-order valence-electron chi connectivity index (χ2n) is 6.37. The molecule has 1 saturated heterocycles. The van der Waals surface area contributed by atoms with E-state index in [1.54, 1.807) is 48.5 Å². The Morgan fingerprint density at radius 3 is 2.30 bits per heavy atom. The molecule has 0 bridgehead atoms. The normalized spacial score (nSPS) is 16.5. The van der Waals surface area contributed by atoms with Crippen LogP contribution in [0, 0.1) is 0 Å². The molecule has 0 aliphatic carbocycles. The van der Waals surface area contributed by atoms with Gasteiger partial charge in [0.15, 0.2) is 0 Å². The largest absolute Gasteiger partial charge is 0.280 e. The molecule has 1 N–H and O–H groups in total. The second kappa shape index (κ2) is 6.54. The monoisotopic (exact) mass is 402 g/mol. The van der Waals surface area contributed by atoms with Crippen molar-refractivity contribution in [3.63, 3.8) is 0 Å². The predicted octanol–water partition coefficient (Wildman–Crippen LogP) is 3.18. The van der Waals surface area contributed by atoms with E-state index in [4.69, 9.17) is 0 Å². The topological polar surface area (TPSA) is 83.6 Å². The Bertz CT molecular complexity index is 1200. The second-order valence-corrected chi connectivity index (χ2v) is 10.0. The standard InChI is InChI=1S/C19H18N2O4S2/c22-26(23)14-4-13-21(26)17-11-9-16(10-12-17)20-27(24,25)19-8-3-6-15-5-1-2-7-18(15)19/h1-3,5-12,20H,4,13-14H2. The van der Waals surface area contributed by atoms with Crippen LogP contribution in [-0.4, -0.2) is 29.1 Å². The van der Waals surface area contributed by atoms with E-state index in [0.29, 0.717) is 29.7 Å². The molecule has 140 valence electrons. The number of hydrogen-bond acceptors (Lipinski definition) is 4. The van der Waals surface area contributed by atoms with Crippen LogP contribution in [0.1, 0.15) is 6.42 Å². The van der Waals surface area contributed by atoms with E-state index in [9.17, 15) is 16.8 Å². The fourth-order valence-corrected chi connectivity index (χ4v) is 6.12. The van der Waals surface area contributed by atoms with Crippen molar-refractivity contribution in [2.75, 3.05) is 21.3 Å². The van der Waals surface area contributed by atoms with Crippen LogP contribution in [-0.2, 0) is 20.0 Å². The lowest BCUT2D eigenvalue weighted by Crippen LogP contribution is -2.25. The van der Waals surface area contributed by atoms with E-state index in [1.807, 2.05) is 18.2 Å². The van der Waals surface area contributed by atoms with E-state index in [-0.39, 0.29) is 10.6 Å². The highest BCUT2D eigenvalue weighted by molar-refractivity contribution is 7.93. The summed E-state index contributed by atoms with van der Waals surface area (Å²) in [5, 5.41) is 1.49. The van der Waals surface area contributed by atoms with Crippen LogP contribution in [0.3, 0.4) is 0 Å². The molecule has 0 amide bonds. The Morgan fingerprint density at radius 2 is 1.59 bits per heavy atom. The molecule has 3 aromatic carbocycles. The number of hydrogen-bond donors (Lipinski definition) is 1. The number of fused-ring (bicyclic) bond motifs is 1. The molecule has 1 heterocycles. The summed E-state index contributed by atoms with van der Waals surface area (Å²) >= 11 is 0. The van der Waals surface area contributed by atoms with Crippen molar-refractivity contribution in [2.45, 2.75) is 11.3 Å². The number of sulfonamides is 2. The van der Waals surface area contributed by atoms with E-state index < -0.39 is 20.0 Å². The SMILES string of the molecule is O=S(=O)(Nc1ccc(N2CCCS2(=O)=O)cc1)c1cccc2ccccc12. The fraction of sp³-hybridized carbons (Fsp3) is 0.158. The van der Waals surface area contributed by atoms with Crippen LogP contribution in [0.15, 0.2) is 71.6 Å². The van der Waals surface area contributed by atoms with Crippen molar-refractivity contribution in [1.29, 1.82) is 0 Å². The third kappa shape index (κ3) is 3.38. The molecule has 0 radical (unpaired) electrons. The molecule has 0 spiro atoms. The summed E-state index contributed by atoms with van der Waals surface area (Å²) in [5.74, 6) is 0.141. The van der Waals surface area contributed by atoms with Crippen molar-refractivity contribution in [2.24, 2.45) is 0 Å². The van der Waals surface area contributed by atoms with Crippen molar-refractivity contribution in [3.8, 4) is 0 Å². The molecule has 1 fully saturated rings. The minimum absolute atomic E-state index is 0.141. The zero-order chi connectivity index (χ0) is 19.1. The first-order chi connectivity index (χ1) is 12.9. The maximum absolute atomic E-state index is 12.8. The fourth-order valence-electron chi connectivity index (χ4n) is 3.27. The molecule has 8 heteroatoms. The number of benzene rings is 3. The van der Waals surface area contributed by atoms with Crippen LogP contribution < -0.4 is 9.03 Å². The summed E-state index contributed by atoms with van der Waals surface area (Å²) in [6.07, 6.45) is 0.595. The molecule has 0 unspecified atom stereocenters. The summed E-state index contributed by atoms with van der Waals surface area (Å²) in [5.41, 5.74) is 0.920. The maximum atomic E-state index is 12.8. The third-order valence-corrected chi connectivity index (χ3v) is 7.85. The first kappa shape index (κ1) is 17.8.